The molecule has 0 nitrogen and oxygen atoms in total. The van der Waals surface area contributed by atoms with E-state index in [2.05, 4.69) is 0 Å². The maximum Gasteiger partial charge on any atom is 1.00 e. The minimum atomic E-state index is 0. The van der Waals surface area contributed by atoms with Gasteiger partial charge in [-0.1, -0.05) is 0 Å². The summed E-state index contributed by atoms with van der Waals surface area (Å²) in [5.74, 6) is 0. The molecular weight excluding hydrogens is 155 g/mol. The van der Waals surface area contributed by atoms with E-state index in [1.54, 1.807) is 0 Å². The zero-order chi connectivity index (χ0) is 0. The molecule has 0 aliphatic carbocycles. The Bertz CT molecular complexity index is 11.6. The van der Waals surface area contributed by atoms with E-state index in [0.29, 0.717) is 0 Å². The van der Waals surface area contributed by atoms with Gasteiger partial charge in [0.05, 0.1) is 0 Å². The zero-order valence-electron chi connectivity index (χ0n) is 2.45. The van der Waals surface area contributed by atoms with Crippen LogP contribution in [0.3, 0.4) is 0 Å². The third-order valence-electron chi connectivity index (χ3n) is 0. The van der Waals surface area contributed by atoms with Gasteiger partial charge in [0.1, 0.15) is 0 Å². The quantitative estimate of drug-likeness (QED) is 0.312. The predicted octanol–water partition coefficient (Wildman–Crippen LogP) is -5.25. The van der Waals surface area contributed by atoms with Gasteiger partial charge in [0.15, 0.2) is 17.4 Å². The van der Waals surface area contributed by atoms with Crippen LogP contribution in [0.5, 0.6) is 0 Å². The second-order valence-corrected chi connectivity index (χ2v) is 0. The van der Waals surface area contributed by atoms with Crippen LogP contribution in [0.2, 0.25) is 0 Å². The molecule has 19 valence electrons. The van der Waals surface area contributed by atoms with E-state index < -0.39 is 0 Å². The molecule has 0 bridgehead atoms. The third-order valence-corrected chi connectivity index (χ3v) is 0. The normalized spacial score (nSPS) is 0. The fraction of sp³-hybridized carbons (Fsp3) is 0. The van der Waals surface area contributed by atoms with Crippen LogP contribution in [-0.2, 0) is 18.6 Å². The summed E-state index contributed by atoms with van der Waals surface area (Å²) in [5.41, 5.74) is 0. The van der Waals surface area contributed by atoms with E-state index in [1.165, 1.54) is 0 Å². The molecule has 0 atom stereocenters. The Morgan fingerprint density at radius 1 is 1.25 bits per heavy atom. The summed E-state index contributed by atoms with van der Waals surface area (Å²) >= 11 is 0. The molecule has 0 saturated heterocycles. The van der Waals surface area contributed by atoms with Crippen LogP contribution < -0.4 is 18.9 Å². The van der Waals surface area contributed by atoms with Crippen molar-refractivity contribution in [1.29, 1.82) is 0 Å². The van der Waals surface area contributed by atoms with Crippen molar-refractivity contribution in [2.75, 3.05) is 0 Å². The van der Waals surface area contributed by atoms with E-state index in [4.69, 9.17) is 0 Å². The minimum absolute atomic E-state index is 0. The second-order valence-electron chi connectivity index (χ2n) is 0. The van der Waals surface area contributed by atoms with Gasteiger partial charge >= 0.3 is 38.7 Å². The molecule has 0 fully saturated rings. The van der Waals surface area contributed by atoms with E-state index in [1.807, 2.05) is 0 Å². The molecule has 0 aromatic rings. The Morgan fingerprint density at radius 3 is 1.25 bits per heavy atom. The Labute approximate surface area is 75.2 Å². The van der Waals surface area contributed by atoms with Gasteiger partial charge in [-0.15, -0.1) is 0 Å². The molecule has 0 N–H and O–H groups in total. The molecule has 0 aliphatic rings. The Balaban J connectivity index is 0. The Morgan fingerprint density at radius 2 is 1.25 bits per heavy atom. The van der Waals surface area contributed by atoms with Crippen molar-refractivity contribution in [2.45, 2.75) is 0 Å². The SMILES string of the molecule is [AlH3].[GaH3].[H-].[Li+].[V]. The van der Waals surface area contributed by atoms with E-state index in [0.717, 1.165) is 0 Å². The van der Waals surface area contributed by atoms with Gasteiger partial charge in [-0.2, -0.15) is 0 Å². The molecule has 1 radical (unpaired) electrons. The first-order valence-electron chi connectivity index (χ1n) is 0. The van der Waals surface area contributed by atoms with Crippen molar-refractivity contribution in [3.8, 4) is 0 Å². The van der Waals surface area contributed by atoms with Crippen molar-refractivity contribution in [2.24, 2.45) is 0 Å². The molecule has 4 heavy (non-hydrogen) atoms. The first kappa shape index (κ1) is 32.9. The molecule has 0 rings (SSSR count). The average molecular weight is 162 g/mol. The average Bonchev–Trinajstić information content (AvgIpc) is 0. The monoisotopic (exact) mass is 161 g/mol. The van der Waals surface area contributed by atoms with Crippen LogP contribution in [0, 0.1) is 0 Å². The third kappa shape index (κ3) is 8.84. The second kappa shape index (κ2) is 18.3. The fourth-order valence-electron chi connectivity index (χ4n) is 0. The molecule has 0 spiro atoms. The van der Waals surface area contributed by atoms with Crippen LogP contribution in [0.15, 0.2) is 0 Å². The van der Waals surface area contributed by atoms with Crippen molar-refractivity contribution in [3.63, 3.8) is 0 Å². The molecule has 0 aliphatic heterocycles. The van der Waals surface area contributed by atoms with E-state index in [9.17, 15) is 0 Å². The molecular formula is H7AlGaLiV. The topological polar surface area (TPSA) is 0 Å². The molecule has 0 unspecified atom stereocenters. The predicted molar refractivity (Wildman–Crippen MR) is 21.0 cm³/mol. The smallest absolute Gasteiger partial charge is 1.00 e. The largest absolute Gasteiger partial charge is 1.00 e. The van der Waals surface area contributed by atoms with Gasteiger partial charge in [-0.05, 0) is 0 Å². The van der Waals surface area contributed by atoms with Crippen LogP contribution in [-0.4, -0.2) is 37.2 Å². The van der Waals surface area contributed by atoms with Crippen molar-refractivity contribution in [1.82, 2.24) is 0 Å². The van der Waals surface area contributed by atoms with Gasteiger partial charge in [-0.25, -0.2) is 0 Å². The summed E-state index contributed by atoms with van der Waals surface area (Å²) in [6.45, 7) is 0. The first-order chi connectivity index (χ1) is 0. The molecule has 0 saturated carbocycles. The van der Waals surface area contributed by atoms with E-state index >= 15 is 0 Å². The molecule has 0 amide bonds. The number of hydrogen-bond acceptors (Lipinski definition) is 0. The fourth-order valence-corrected chi connectivity index (χ4v) is 0. The molecule has 4 heteroatoms. The van der Waals surface area contributed by atoms with Gasteiger partial charge < -0.3 is 1.43 Å². The summed E-state index contributed by atoms with van der Waals surface area (Å²) < 4.78 is 0. The maximum atomic E-state index is 0. The van der Waals surface area contributed by atoms with Crippen LogP contribution in [0.1, 0.15) is 1.43 Å². The van der Waals surface area contributed by atoms with Gasteiger partial charge in [0.2, 0.25) is 0 Å². The minimum Gasteiger partial charge on any atom is -1.00 e. The first-order valence-corrected chi connectivity index (χ1v) is 0. The zero-order valence-corrected chi connectivity index (χ0v) is 2.84. The standard InChI is InChI=1S/Al.Ga.Li.V.7H/q;;+1;;;;;;;;-1. The van der Waals surface area contributed by atoms with Crippen LogP contribution >= 0.6 is 0 Å². The van der Waals surface area contributed by atoms with Crippen LogP contribution in [0.4, 0.5) is 0 Å². The summed E-state index contributed by atoms with van der Waals surface area (Å²) in [4.78, 5) is 0. The summed E-state index contributed by atoms with van der Waals surface area (Å²) in [7, 11) is 0. The Kier molecular flexibility index (Phi) is 151. The maximum absolute atomic E-state index is 0. The van der Waals surface area contributed by atoms with Gasteiger partial charge in [-0.3, -0.25) is 0 Å². The summed E-state index contributed by atoms with van der Waals surface area (Å²) in [6.07, 6.45) is 0. The van der Waals surface area contributed by atoms with Crippen LogP contribution in [0.25, 0.3) is 0 Å². The molecule has 0 aromatic heterocycles. The molecule has 0 aromatic carbocycles. The summed E-state index contributed by atoms with van der Waals surface area (Å²) in [6, 6.07) is 0. The number of hydrogen-bond donors (Lipinski definition) is 0. The van der Waals surface area contributed by atoms with Gasteiger partial charge in [0.25, 0.3) is 0 Å². The van der Waals surface area contributed by atoms with Crippen molar-refractivity contribution < 1.29 is 38.8 Å². The number of rotatable bonds is 0. The Hall–Kier alpha value is 2.35. The van der Waals surface area contributed by atoms with E-state index in [-0.39, 0.29) is 76.0 Å². The summed E-state index contributed by atoms with van der Waals surface area (Å²) in [5, 5.41) is 0. The van der Waals surface area contributed by atoms with Crippen molar-refractivity contribution in [3.05, 3.63) is 0 Å². The van der Waals surface area contributed by atoms with Crippen molar-refractivity contribution >= 4 is 37.2 Å². The van der Waals surface area contributed by atoms with Gasteiger partial charge in [0, 0.05) is 18.6 Å². The molecule has 0 heterocycles.